The molecule has 1 saturated heterocycles. The smallest absolute Gasteiger partial charge is 0.387 e. The first kappa shape index (κ1) is 26.2. The second kappa shape index (κ2) is 11.1. The SMILES string of the molecule is CC1CC2CSC(NC(=O)c3ccccc3)=NC2(c2nc(NC(=O)c3ccc(OC(F)F)cn3)cs2)CO1. The van der Waals surface area contributed by atoms with Crippen LogP contribution in [0.3, 0.4) is 0 Å². The van der Waals surface area contributed by atoms with Crippen LogP contribution in [0.1, 0.15) is 39.2 Å². The molecule has 5 rings (SSSR count). The van der Waals surface area contributed by atoms with E-state index in [-0.39, 0.29) is 36.0 Å². The van der Waals surface area contributed by atoms with Crippen LogP contribution in [0.25, 0.3) is 0 Å². The van der Waals surface area contributed by atoms with Crippen molar-refractivity contribution in [2.24, 2.45) is 10.9 Å². The van der Waals surface area contributed by atoms with E-state index in [1.165, 1.54) is 35.2 Å². The molecule has 3 aromatic rings. The number of amides is 2. The number of benzene rings is 1. The molecule has 1 fully saturated rings. The molecule has 198 valence electrons. The number of rotatable bonds is 6. The van der Waals surface area contributed by atoms with Gasteiger partial charge in [-0.2, -0.15) is 8.78 Å². The summed E-state index contributed by atoms with van der Waals surface area (Å²) < 4.78 is 35.0. The maximum Gasteiger partial charge on any atom is 0.387 e. The van der Waals surface area contributed by atoms with Crippen molar-refractivity contribution in [2.75, 3.05) is 17.7 Å². The molecule has 2 aliphatic heterocycles. The third kappa shape index (κ3) is 5.69. The van der Waals surface area contributed by atoms with Crippen LogP contribution in [0.15, 0.2) is 59.0 Å². The molecular formula is C25H23F2N5O4S2. The van der Waals surface area contributed by atoms with Gasteiger partial charge in [0.15, 0.2) is 5.17 Å². The van der Waals surface area contributed by atoms with Gasteiger partial charge in [-0.15, -0.1) is 11.3 Å². The molecule has 38 heavy (non-hydrogen) atoms. The van der Waals surface area contributed by atoms with Gasteiger partial charge in [0.25, 0.3) is 11.8 Å². The van der Waals surface area contributed by atoms with Gasteiger partial charge in [0.2, 0.25) is 0 Å². The van der Waals surface area contributed by atoms with Crippen LogP contribution in [-0.4, -0.2) is 52.0 Å². The Hall–Kier alpha value is -3.42. The van der Waals surface area contributed by atoms with E-state index in [1.54, 1.807) is 29.6 Å². The molecule has 4 heterocycles. The number of fused-ring (bicyclic) bond motifs is 1. The monoisotopic (exact) mass is 559 g/mol. The fourth-order valence-corrected chi connectivity index (χ4v) is 6.40. The maximum atomic E-state index is 12.8. The van der Waals surface area contributed by atoms with E-state index >= 15 is 0 Å². The van der Waals surface area contributed by atoms with Crippen LogP contribution in [0.5, 0.6) is 5.75 Å². The number of ether oxygens (including phenoxy) is 2. The summed E-state index contributed by atoms with van der Waals surface area (Å²) in [5, 5.41) is 8.45. The third-order valence-corrected chi connectivity index (χ3v) is 8.21. The summed E-state index contributed by atoms with van der Waals surface area (Å²) >= 11 is 2.83. The Bertz CT molecular complexity index is 1340. The molecule has 2 aromatic heterocycles. The quantitative estimate of drug-likeness (QED) is 0.456. The van der Waals surface area contributed by atoms with Gasteiger partial charge in [-0.05, 0) is 37.6 Å². The number of hydrogen-bond donors (Lipinski definition) is 2. The van der Waals surface area contributed by atoms with Crippen molar-refractivity contribution in [3.8, 4) is 5.75 Å². The number of carbonyl (C=O) groups excluding carboxylic acids is 2. The number of thioether (sulfide) groups is 1. The zero-order valence-corrected chi connectivity index (χ0v) is 21.7. The van der Waals surface area contributed by atoms with Crippen LogP contribution >= 0.6 is 23.1 Å². The first-order chi connectivity index (χ1) is 18.3. The molecule has 2 N–H and O–H groups in total. The Morgan fingerprint density at radius 2 is 1.97 bits per heavy atom. The zero-order valence-electron chi connectivity index (χ0n) is 20.1. The molecule has 13 heteroatoms. The van der Waals surface area contributed by atoms with E-state index in [1.807, 2.05) is 13.0 Å². The summed E-state index contributed by atoms with van der Waals surface area (Å²) in [6, 6.07) is 11.4. The van der Waals surface area contributed by atoms with Crippen molar-refractivity contribution in [3.63, 3.8) is 0 Å². The number of aliphatic imine (C=N–C) groups is 1. The van der Waals surface area contributed by atoms with Crippen molar-refractivity contribution >= 4 is 45.9 Å². The topological polar surface area (TPSA) is 115 Å². The Balaban J connectivity index is 1.36. The largest absolute Gasteiger partial charge is 0.433 e. The minimum absolute atomic E-state index is 0.0185. The second-order valence-electron chi connectivity index (χ2n) is 8.78. The van der Waals surface area contributed by atoms with Crippen LogP contribution in [-0.2, 0) is 10.3 Å². The predicted octanol–water partition coefficient (Wildman–Crippen LogP) is 4.54. The second-order valence-corrected chi connectivity index (χ2v) is 10.6. The molecule has 1 aromatic carbocycles. The molecule has 2 aliphatic rings. The number of amidine groups is 1. The van der Waals surface area contributed by atoms with Crippen molar-refractivity contribution in [2.45, 2.75) is 31.6 Å². The van der Waals surface area contributed by atoms with Gasteiger partial charge in [0, 0.05) is 22.6 Å². The highest BCUT2D eigenvalue weighted by molar-refractivity contribution is 8.13. The number of pyridine rings is 1. The minimum Gasteiger partial charge on any atom is -0.433 e. The number of halogens is 2. The fourth-order valence-electron chi connectivity index (χ4n) is 4.28. The average molecular weight is 560 g/mol. The molecule has 0 aliphatic carbocycles. The number of carbonyl (C=O) groups is 2. The van der Waals surface area contributed by atoms with Gasteiger partial charge in [0.05, 0.1) is 18.9 Å². The minimum atomic E-state index is -2.98. The molecule has 0 bridgehead atoms. The molecule has 0 spiro atoms. The van der Waals surface area contributed by atoms with Gasteiger partial charge in [-0.3, -0.25) is 9.59 Å². The summed E-state index contributed by atoms with van der Waals surface area (Å²) in [5.41, 5.74) is -0.260. The van der Waals surface area contributed by atoms with Crippen molar-refractivity contribution < 1.29 is 27.8 Å². The van der Waals surface area contributed by atoms with Gasteiger partial charge in [0.1, 0.15) is 27.8 Å². The van der Waals surface area contributed by atoms with Crippen LogP contribution in [0, 0.1) is 5.92 Å². The van der Waals surface area contributed by atoms with E-state index in [9.17, 15) is 18.4 Å². The lowest BCUT2D eigenvalue weighted by molar-refractivity contribution is -0.0500. The number of hydrogen-bond acceptors (Lipinski definition) is 9. The lowest BCUT2D eigenvalue weighted by Gasteiger charge is -2.44. The van der Waals surface area contributed by atoms with E-state index < -0.39 is 18.1 Å². The Kier molecular flexibility index (Phi) is 7.68. The summed E-state index contributed by atoms with van der Waals surface area (Å²) in [6.45, 7) is -0.672. The van der Waals surface area contributed by atoms with E-state index in [0.717, 1.165) is 18.4 Å². The van der Waals surface area contributed by atoms with Crippen LogP contribution in [0.2, 0.25) is 0 Å². The molecule has 0 saturated carbocycles. The molecule has 3 atom stereocenters. The van der Waals surface area contributed by atoms with Gasteiger partial charge >= 0.3 is 6.61 Å². The van der Waals surface area contributed by atoms with Crippen molar-refractivity contribution in [1.29, 1.82) is 0 Å². The predicted molar refractivity (Wildman–Crippen MR) is 140 cm³/mol. The molecule has 3 unspecified atom stereocenters. The molecular weight excluding hydrogens is 536 g/mol. The normalized spacial score (nSPS) is 22.8. The Labute approximate surface area is 225 Å². The highest BCUT2D eigenvalue weighted by Crippen LogP contribution is 2.47. The molecule has 2 amide bonds. The summed E-state index contributed by atoms with van der Waals surface area (Å²) in [7, 11) is 0. The number of nitrogens with one attached hydrogen (secondary N) is 2. The average Bonchev–Trinajstić information content (AvgIpc) is 3.38. The fraction of sp³-hybridized carbons (Fsp3) is 0.320. The number of aromatic nitrogens is 2. The van der Waals surface area contributed by atoms with E-state index in [4.69, 9.17) is 9.73 Å². The van der Waals surface area contributed by atoms with Gasteiger partial charge < -0.3 is 20.1 Å². The highest BCUT2D eigenvalue weighted by atomic mass is 32.2. The molecule has 9 nitrogen and oxygen atoms in total. The van der Waals surface area contributed by atoms with E-state index in [2.05, 4.69) is 25.3 Å². The van der Waals surface area contributed by atoms with Crippen molar-refractivity contribution in [3.05, 3.63) is 70.3 Å². The van der Waals surface area contributed by atoms with Crippen molar-refractivity contribution in [1.82, 2.24) is 15.3 Å². The highest BCUT2D eigenvalue weighted by Gasteiger charge is 2.49. The van der Waals surface area contributed by atoms with Gasteiger partial charge in [-0.25, -0.2) is 15.0 Å². The maximum absolute atomic E-state index is 12.8. The first-order valence-electron chi connectivity index (χ1n) is 11.7. The number of thiazole rings is 1. The number of alkyl halides is 2. The summed E-state index contributed by atoms with van der Waals surface area (Å²) in [5.74, 6) is 0.200. The lowest BCUT2D eigenvalue weighted by atomic mass is 9.80. The summed E-state index contributed by atoms with van der Waals surface area (Å²) in [6.07, 6.45) is 1.89. The van der Waals surface area contributed by atoms with E-state index in [0.29, 0.717) is 21.6 Å². The van der Waals surface area contributed by atoms with Crippen LogP contribution in [0.4, 0.5) is 14.6 Å². The lowest BCUT2D eigenvalue weighted by Crippen LogP contribution is -2.50. The number of nitrogens with zero attached hydrogens (tertiary/aromatic N) is 3. The number of anilines is 1. The first-order valence-corrected chi connectivity index (χ1v) is 13.6. The summed E-state index contributed by atoms with van der Waals surface area (Å²) in [4.78, 5) is 38.9. The Morgan fingerprint density at radius 1 is 1.16 bits per heavy atom. The standard InChI is InChI=1S/C25H23F2N5O4S2/c1-14-9-16-11-38-24(31-20(33)15-5-3-2-4-6-15)32-25(16,13-35-14)22-30-19(12-37-22)29-21(34)18-8-7-17(10-28-18)36-23(26)27/h2-8,10,12,14,16,23H,9,11,13H2,1H3,(H,29,34)(H,31,32,33). The van der Waals surface area contributed by atoms with Crippen LogP contribution < -0.4 is 15.4 Å². The van der Waals surface area contributed by atoms with Gasteiger partial charge in [-0.1, -0.05) is 30.0 Å². The Morgan fingerprint density at radius 3 is 2.71 bits per heavy atom. The third-order valence-electron chi connectivity index (χ3n) is 6.17. The zero-order chi connectivity index (χ0) is 26.7. The molecule has 0 radical (unpaired) electrons.